The van der Waals surface area contributed by atoms with Gasteiger partial charge in [-0.1, -0.05) is 18.7 Å². The molecular weight excluding hydrogens is 244 g/mol. The summed E-state index contributed by atoms with van der Waals surface area (Å²) in [4.78, 5) is 17.5. The van der Waals surface area contributed by atoms with Gasteiger partial charge in [0.2, 0.25) is 0 Å². The van der Waals surface area contributed by atoms with Gasteiger partial charge >= 0.3 is 6.09 Å². The minimum absolute atomic E-state index is 0.0449. The van der Waals surface area contributed by atoms with Crippen LogP contribution in [0.1, 0.15) is 12.0 Å². The smallest absolute Gasteiger partial charge is 0.410 e. The van der Waals surface area contributed by atoms with Crippen molar-refractivity contribution in [1.82, 2.24) is 9.88 Å². The van der Waals surface area contributed by atoms with Crippen LogP contribution in [0.4, 0.5) is 4.79 Å². The maximum atomic E-state index is 11.9. The summed E-state index contributed by atoms with van der Waals surface area (Å²) < 4.78 is 5.03. The third-order valence-electron chi connectivity index (χ3n) is 3.15. The lowest BCUT2D eigenvalue weighted by Gasteiger charge is -2.23. The number of β-amino-alcohol motifs (C(OH)–C–C–N with tert-alkyl or cyclic N) is 1. The van der Waals surface area contributed by atoms with E-state index in [1.54, 1.807) is 17.3 Å². The molecule has 19 heavy (non-hydrogen) atoms. The van der Waals surface area contributed by atoms with Gasteiger partial charge in [-0.3, -0.25) is 4.98 Å². The molecule has 1 N–H and O–H groups in total. The summed E-state index contributed by atoms with van der Waals surface area (Å²) >= 11 is 0. The maximum Gasteiger partial charge on any atom is 0.410 e. The van der Waals surface area contributed by atoms with Crippen LogP contribution in [0.3, 0.4) is 0 Å². The number of hydrogen-bond donors (Lipinski definition) is 1. The zero-order valence-corrected chi connectivity index (χ0v) is 10.7. The van der Waals surface area contributed by atoms with Crippen LogP contribution in [0, 0.1) is 0 Å². The monoisotopic (exact) mass is 262 g/mol. The molecule has 0 bridgehead atoms. The number of hydrogen-bond acceptors (Lipinski definition) is 4. The van der Waals surface area contributed by atoms with E-state index in [2.05, 4.69) is 11.6 Å². The van der Waals surface area contributed by atoms with E-state index in [0.717, 1.165) is 5.56 Å². The second kappa shape index (κ2) is 6.33. The van der Waals surface area contributed by atoms with Crippen molar-refractivity contribution in [3.8, 4) is 0 Å². The fourth-order valence-electron chi connectivity index (χ4n) is 2.31. The van der Waals surface area contributed by atoms with Gasteiger partial charge < -0.3 is 14.7 Å². The normalized spacial score (nSPS) is 22.3. The Bertz CT molecular complexity index is 436. The third-order valence-corrected chi connectivity index (χ3v) is 3.15. The van der Waals surface area contributed by atoms with Crippen molar-refractivity contribution < 1.29 is 14.6 Å². The molecule has 2 atom stereocenters. The summed E-state index contributed by atoms with van der Waals surface area (Å²) in [6.07, 6.45) is 5.37. The van der Waals surface area contributed by atoms with Gasteiger partial charge in [0.05, 0.1) is 12.6 Å². The molecule has 2 rings (SSSR count). The summed E-state index contributed by atoms with van der Waals surface area (Å²) in [5.41, 5.74) is 1.04. The first-order valence-corrected chi connectivity index (χ1v) is 6.32. The number of carbonyl (C=O) groups excluding carboxylic acids is 1. The highest BCUT2D eigenvalue weighted by Gasteiger charge is 2.35. The van der Waals surface area contributed by atoms with Crippen LogP contribution < -0.4 is 0 Å². The van der Waals surface area contributed by atoms with E-state index < -0.39 is 12.2 Å². The maximum absolute atomic E-state index is 11.9. The van der Waals surface area contributed by atoms with Crippen molar-refractivity contribution in [3.05, 3.63) is 42.7 Å². The summed E-state index contributed by atoms with van der Waals surface area (Å²) in [6.45, 7) is 4.01. The molecule has 5 heteroatoms. The van der Waals surface area contributed by atoms with Gasteiger partial charge in [-0.15, -0.1) is 0 Å². The van der Waals surface area contributed by atoms with E-state index in [9.17, 15) is 9.90 Å². The van der Waals surface area contributed by atoms with Gasteiger partial charge in [-0.05, 0) is 24.5 Å². The van der Waals surface area contributed by atoms with Crippen LogP contribution in [0.15, 0.2) is 37.2 Å². The van der Waals surface area contributed by atoms with Crippen LogP contribution >= 0.6 is 0 Å². The minimum atomic E-state index is -0.488. The first kappa shape index (κ1) is 13.5. The number of aliphatic hydroxyl groups is 1. The molecule has 1 amide bonds. The van der Waals surface area contributed by atoms with Crippen molar-refractivity contribution >= 4 is 6.09 Å². The number of rotatable bonds is 4. The molecule has 0 aromatic carbocycles. The number of nitrogens with zero attached hydrogens (tertiary/aromatic N) is 2. The van der Waals surface area contributed by atoms with Gasteiger partial charge in [0, 0.05) is 18.4 Å². The first-order chi connectivity index (χ1) is 9.20. The van der Waals surface area contributed by atoms with Gasteiger partial charge in [-0.2, -0.15) is 0 Å². The van der Waals surface area contributed by atoms with Crippen LogP contribution in [0.25, 0.3) is 0 Å². The van der Waals surface area contributed by atoms with Crippen molar-refractivity contribution in [1.29, 1.82) is 0 Å². The molecule has 0 spiro atoms. The topological polar surface area (TPSA) is 62.7 Å². The van der Waals surface area contributed by atoms with Crippen LogP contribution in [-0.2, 0) is 11.2 Å². The molecule has 1 fully saturated rings. The zero-order chi connectivity index (χ0) is 13.7. The largest absolute Gasteiger partial charge is 0.445 e. The van der Waals surface area contributed by atoms with E-state index >= 15 is 0 Å². The fraction of sp³-hybridized carbons (Fsp3) is 0.429. The molecule has 0 aliphatic carbocycles. The molecule has 1 saturated heterocycles. The molecule has 1 aromatic heterocycles. The Balaban J connectivity index is 2.01. The molecule has 0 radical (unpaired) electrons. The Hall–Kier alpha value is -1.88. The molecule has 1 aliphatic heterocycles. The molecule has 2 heterocycles. The van der Waals surface area contributed by atoms with Crippen LogP contribution in [0.5, 0.6) is 0 Å². The number of aliphatic hydroxyl groups excluding tert-OH is 1. The fourth-order valence-corrected chi connectivity index (χ4v) is 2.31. The molecular formula is C14H18N2O3. The number of likely N-dealkylation sites (tertiary alicyclic amines) is 1. The van der Waals surface area contributed by atoms with E-state index in [4.69, 9.17) is 4.74 Å². The van der Waals surface area contributed by atoms with Crippen molar-refractivity contribution in [2.45, 2.75) is 25.0 Å². The van der Waals surface area contributed by atoms with Gasteiger partial charge in [0.25, 0.3) is 0 Å². The first-order valence-electron chi connectivity index (χ1n) is 6.32. The highest BCUT2D eigenvalue weighted by molar-refractivity contribution is 5.68. The Kier molecular flexibility index (Phi) is 4.52. The molecule has 0 saturated carbocycles. The van der Waals surface area contributed by atoms with Crippen molar-refractivity contribution in [2.75, 3.05) is 13.2 Å². The van der Waals surface area contributed by atoms with E-state index in [-0.39, 0.29) is 12.6 Å². The Morgan fingerprint density at radius 1 is 1.68 bits per heavy atom. The quantitative estimate of drug-likeness (QED) is 0.833. The number of carbonyl (C=O) groups is 1. The Labute approximate surface area is 112 Å². The van der Waals surface area contributed by atoms with E-state index in [1.165, 1.54) is 6.08 Å². The van der Waals surface area contributed by atoms with Crippen molar-refractivity contribution in [2.24, 2.45) is 0 Å². The van der Waals surface area contributed by atoms with E-state index in [1.807, 2.05) is 12.1 Å². The number of ether oxygens (including phenoxy) is 1. The van der Waals surface area contributed by atoms with Crippen LogP contribution in [-0.4, -0.2) is 46.4 Å². The summed E-state index contributed by atoms with van der Waals surface area (Å²) in [5, 5.41) is 9.74. The minimum Gasteiger partial charge on any atom is -0.445 e. The predicted molar refractivity (Wildman–Crippen MR) is 70.6 cm³/mol. The third kappa shape index (κ3) is 3.54. The number of amides is 1. The van der Waals surface area contributed by atoms with E-state index in [0.29, 0.717) is 19.4 Å². The highest BCUT2D eigenvalue weighted by atomic mass is 16.6. The molecule has 102 valence electrons. The molecule has 1 aliphatic rings. The summed E-state index contributed by atoms with van der Waals surface area (Å²) in [5.74, 6) is 0. The summed E-state index contributed by atoms with van der Waals surface area (Å²) in [7, 11) is 0. The molecule has 2 unspecified atom stereocenters. The Morgan fingerprint density at radius 2 is 2.53 bits per heavy atom. The average Bonchev–Trinajstić information content (AvgIpc) is 2.78. The Morgan fingerprint density at radius 3 is 3.21 bits per heavy atom. The van der Waals surface area contributed by atoms with Crippen LogP contribution in [0.2, 0.25) is 0 Å². The molecule has 1 aromatic rings. The lowest BCUT2D eigenvalue weighted by Crippen LogP contribution is -2.37. The SMILES string of the molecule is C=CCOC(=O)N1CC(O)CC1Cc1cccnc1. The van der Waals surface area contributed by atoms with Gasteiger partial charge in [-0.25, -0.2) is 4.79 Å². The number of aromatic nitrogens is 1. The van der Waals surface area contributed by atoms with Gasteiger partial charge in [0.15, 0.2) is 0 Å². The highest BCUT2D eigenvalue weighted by Crippen LogP contribution is 2.22. The number of pyridine rings is 1. The van der Waals surface area contributed by atoms with Crippen molar-refractivity contribution in [3.63, 3.8) is 0 Å². The molecule has 5 nitrogen and oxygen atoms in total. The standard InChI is InChI=1S/C14H18N2O3/c1-2-6-19-14(18)16-10-13(17)8-12(16)7-11-4-3-5-15-9-11/h2-5,9,12-13,17H,1,6-8,10H2. The average molecular weight is 262 g/mol. The second-order valence-electron chi connectivity index (χ2n) is 4.63. The zero-order valence-electron chi connectivity index (χ0n) is 10.7. The van der Waals surface area contributed by atoms with Gasteiger partial charge in [0.1, 0.15) is 6.61 Å². The predicted octanol–water partition coefficient (Wildman–Crippen LogP) is 1.38. The lowest BCUT2D eigenvalue weighted by molar-refractivity contribution is 0.102. The lowest BCUT2D eigenvalue weighted by atomic mass is 10.1. The summed E-state index contributed by atoms with van der Waals surface area (Å²) in [6, 6.07) is 3.78. The second-order valence-corrected chi connectivity index (χ2v) is 4.63.